The fraction of sp³-hybridized carbons (Fsp3) is 0.500. The van der Waals surface area contributed by atoms with Gasteiger partial charge in [0.25, 0.3) is 0 Å². The minimum atomic E-state index is -0.0101. The van der Waals surface area contributed by atoms with Gasteiger partial charge in [0.15, 0.2) is 5.65 Å². The molecule has 0 bridgehead atoms. The maximum atomic E-state index is 12.1. The van der Waals surface area contributed by atoms with Gasteiger partial charge in [-0.1, -0.05) is 26.0 Å². The molecule has 5 rings (SSSR count). The number of fused-ring (bicyclic) bond motifs is 1. The zero-order valence-corrected chi connectivity index (χ0v) is 19.7. The summed E-state index contributed by atoms with van der Waals surface area (Å²) in [5.74, 6) is 2.70. The van der Waals surface area contributed by atoms with Gasteiger partial charge >= 0.3 is 0 Å². The second kappa shape index (κ2) is 8.53. The second-order valence-corrected chi connectivity index (χ2v) is 9.23. The molecule has 0 spiro atoms. The summed E-state index contributed by atoms with van der Waals surface area (Å²) < 4.78 is 7.17. The van der Waals surface area contributed by atoms with Crippen molar-refractivity contribution in [1.82, 2.24) is 24.5 Å². The first kappa shape index (κ1) is 21.5. The summed E-state index contributed by atoms with van der Waals surface area (Å²) in [6.45, 7) is 8.76. The first-order valence-electron chi connectivity index (χ1n) is 11.6. The van der Waals surface area contributed by atoms with Crippen molar-refractivity contribution in [2.75, 3.05) is 37.0 Å². The molecule has 1 atom stereocenters. The minimum Gasteiger partial charge on any atom is -0.497 e. The summed E-state index contributed by atoms with van der Waals surface area (Å²) in [5.41, 5.74) is 2.99. The molecule has 2 aromatic heterocycles. The number of carbonyl (C=O) groups is 1. The van der Waals surface area contributed by atoms with Crippen LogP contribution in [0.4, 0.5) is 11.9 Å². The Labute approximate surface area is 193 Å². The molecule has 0 radical (unpaired) electrons. The highest BCUT2D eigenvalue weighted by Crippen LogP contribution is 2.29. The van der Waals surface area contributed by atoms with E-state index in [2.05, 4.69) is 42.2 Å². The summed E-state index contributed by atoms with van der Waals surface area (Å²) in [7, 11) is 1.67. The Morgan fingerprint density at radius 3 is 2.70 bits per heavy atom. The number of likely N-dealkylation sites (tertiary alicyclic amines) is 1. The maximum absolute atomic E-state index is 12.1. The highest BCUT2D eigenvalue weighted by molar-refractivity contribution is 5.79. The number of methoxy groups -OCH3 is 1. The first-order valence-corrected chi connectivity index (χ1v) is 11.6. The fourth-order valence-electron chi connectivity index (χ4n) is 4.58. The lowest BCUT2D eigenvalue weighted by Crippen LogP contribution is -2.60. The summed E-state index contributed by atoms with van der Waals surface area (Å²) in [6, 6.07) is 8.25. The van der Waals surface area contributed by atoms with E-state index in [4.69, 9.17) is 14.7 Å². The predicted octanol–water partition coefficient (Wildman–Crippen LogP) is 3.24. The Kier molecular flexibility index (Phi) is 5.55. The van der Waals surface area contributed by atoms with Gasteiger partial charge in [0.05, 0.1) is 25.4 Å². The Morgan fingerprint density at radius 2 is 2.00 bits per heavy atom. The summed E-state index contributed by atoms with van der Waals surface area (Å²) >= 11 is 0. The molecule has 0 saturated carbocycles. The number of nitrogens with one attached hydrogen (secondary N) is 1. The van der Waals surface area contributed by atoms with Crippen molar-refractivity contribution in [3.63, 3.8) is 0 Å². The van der Waals surface area contributed by atoms with E-state index in [9.17, 15) is 4.79 Å². The molecule has 174 valence electrons. The average Bonchev–Trinajstić information content (AvgIpc) is 3.39. The highest BCUT2D eigenvalue weighted by atomic mass is 16.5. The van der Waals surface area contributed by atoms with Crippen molar-refractivity contribution in [2.24, 2.45) is 0 Å². The monoisotopic (exact) mass is 449 g/mol. The van der Waals surface area contributed by atoms with E-state index >= 15 is 0 Å². The van der Waals surface area contributed by atoms with Gasteiger partial charge in [-0.25, -0.2) is 0 Å². The van der Waals surface area contributed by atoms with Crippen molar-refractivity contribution < 1.29 is 9.53 Å². The van der Waals surface area contributed by atoms with E-state index in [1.165, 1.54) is 0 Å². The number of amides is 1. The van der Waals surface area contributed by atoms with Gasteiger partial charge in [-0.2, -0.15) is 19.6 Å². The number of carbonyl (C=O) groups excluding carboxylic acids is 1. The van der Waals surface area contributed by atoms with Crippen molar-refractivity contribution >= 4 is 23.5 Å². The molecule has 1 aromatic carbocycles. The van der Waals surface area contributed by atoms with Crippen LogP contribution in [0, 0.1) is 0 Å². The molecule has 2 saturated heterocycles. The van der Waals surface area contributed by atoms with Crippen LogP contribution in [0.15, 0.2) is 30.5 Å². The van der Waals surface area contributed by atoms with Crippen LogP contribution in [0.1, 0.15) is 56.7 Å². The van der Waals surface area contributed by atoms with Crippen molar-refractivity contribution in [2.45, 2.75) is 51.6 Å². The van der Waals surface area contributed by atoms with E-state index in [1.54, 1.807) is 11.6 Å². The number of rotatable bonds is 7. The van der Waals surface area contributed by atoms with E-state index < -0.39 is 0 Å². The van der Waals surface area contributed by atoms with Crippen LogP contribution in [0.3, 0.4) is 0 Å². The molecule has 9 nitrogen and oxygen atoms in total. The molecule has 2 aliphatic rings. The number of aromatic nitrogens is 4. The van der Waals surface area contributed by atoms with Crippen LogP contribution in [0.2, 0.25) is 0 Å². The van der Waals surface area contributed by atoms with Gasteiger partial charge in [-0.3, -0.25) is 4.79 Å². The van der Waals surface area contributed by atoms with Crippen LogP contribution in [0.25, 0.3) is 5.65 Å². The summed E-state index contributed by atoms with van der Waals surface area (Å²) in [4.78, 5) is 26.0. The molecule has 1 unspecified atom stereocenters. The Balaban J connectivity index is 1.44. The lowest BCUT2D eigenvalue weighted by molar-refractivity contribution is -0.130. The Bertz CT molecular complexity index is 1170. The van der Waals surface area contributed by atoms with Crippen LogP contribution in [-0.4, -0.2) is 63.2 Å². The molecule has 9 heteroatoms. The molecule has 2 fully saturated rings. The van der Waals surface area contributed by atoms with Crippen molar-refractivity contribution in [3.05, 3.63) is 41.6 Å². The van der Waals surface area contributed by atoms with E-state index in [0.717, 1.165) is 48.6 Å². The average molecular weight is 450 g/mol. The number of hydrogen-bond acceptors (Lipinski definition) is 7. The van der Waals surface area contributed by atoms with Gasteiger partial charge in [0.1, 0.15) is 5.75 Å². The summed E-state index contributed by atoms with van der Waals surface area (Å²) in [6.07, 6.45) is 3.51. The van der Waals surface area contributed by atoms with Crippen molar-refractivity contribution in [3.8, 4) is 5.75 Å². The van der Waals surface area contributed by atoms with E-state index in [0.29, 0.717) is 24.2 Å². The number of benzene rings is 1. The zero-order chi connectivity index (χ0) is 23.1. The van der Waals surface area contributed by atoms with Gasteiger partial charge in [-0.05, 0) is 37.0 Å². The molecular formula is C24H31N7O2. The number of nitrogens with zero attached hydrogens (tertiary/aromatic N) is 6. The van der Waals surface area contributed by atoms with Crippen molar-refractivity contribution in [1.29, 1.82) is 0 Å². The van der Waals surface area contributed by atoms with Crippen LogP contribution in [0.5, 0.6) is 5.75 Å². The first-order chi connectivity index (χ1) is 15.9. The topological polar surface area (TPSA) is 87.9 Å². The molecule has 33 heavy (non-hydrogen) atoms. The maximum Gasteiger partial charge on any atom is 0.230 e. The molecule has 1 amide bonds. The molecule has 1 N–H and O–H groups in total. The van der Waals surface area contributed by atoms with Crippen LogP contribution in [-0.2, 0) is 4.79 Å². The normalized spacial score (nSPS) is 17.7. The smallest absolute Gasteiger partial charge is 0.230 e. The molecule has 0 aliphatic carbocycles. The molecule has 2 aliphatic heterocycles. The third kappa shape index (κ3) is 3.96. The number of hydrogen-bond donors (Lipinski definition) is 1. The molecule has 4 heterocycles. The number of anilines is 2. The van der Waals surface area contributed by atoms with E-state index in [1.807, 2.05) is 29.3 Å². The third-order valence-electron chi connectivity index (χ3n) is 6.64. The predicted molar refractivity (Wildman–Crippen MR) is 127 cm³/mol. The quantitative estimate of drug-likeness (QED) is 0.592. The van der Waals surface area contributed by atoms with Gasteiger partial charge in [0, 0.05) is 31.6 Å². The fourth-order valence-corrected chi connectivity index (χ4v) is 4.58. The second-order valence-electron chi connectivity index (χ2n) is 9.23. The van der Waals surface area contributed by atoms with Gasteiger partial charge in [0.2, 0.25) is 17.8 Å². The highest BCUT2D eigenvalue weighted by Gasteiger charge is 2.38. The standard InChI is InChI=1S/C24H31N7O2/c1-15(2)20-12-25-31-22(20)27-23(29-13-18(14-29)30-10-6-9-21(30)32)28-24(31)26-16(3)17-7-5-8-19(11-17)33-4/h5,7-8,11-12,15-16,18H,6,9-10,13-14H2,1-4H3,(H,26,27,28). The van der Waals surface area contributed by atoms with Crippen LogP contribution < -0.4 is 15.0 Å². The van der Waals surface area contributed by atoms with Crippen LogP contribution >= 0.6 is 0 Å². The van der Waals surface area contributed by atoms with Gasteiger partial charge in [-0.15, -0.1) is 0 Å². The third-order valence-corrected chi connectivity index (χ3v) is 6.64. The lowest BCUT2D eigenvalue weighted by atomic mass is 10.1. The van der Waals surface area contributed by atoms with Gasteiger partial charge < -0.3 is 19.9 Å². The lowest BCUT2D eigenvalue weighted by Gasteiger charge is -2.44. The minimum absolute atomic E-state index is 0.0101. The number of ether oxygens (including phenoxy) is 1. The Morgan fingerprint density at radius 1 is 1.18 bits per heavy atom. The molecular weight excluding hydrogens is 418 g/mol. The Hall–Kier alpha value is -3.36. The molecule has 3 aromatic rings. The largest absolute Gasteiger partial charge is 0.497 e. The SMILES string of the molecule is COc1cccc(C(C)Nc2nc(N3CC(N4CCCC4=O)C3)nc3c(C(C)C)cnn23)c1. The van der Waals surface area contributed by atoms with E-state index in [-0.39, 0.29) is 18.0 Å². The summed E-state index contributed by atoms with van der Waals surface area (Å²) in [5, 5.41) is 8.11. The zero-order valence-electron chi connectivity index (χ0n) is 19.7.